The van der Waals surface area contributed by atoms with Gasteiger partial charge in [0.15, 0.2) is 0 Å². The fraction of sp³-hybridized carbons (Fsp3) is 0.588. The van der Waals surface area contributed by atoms with Gasteiger partial charge in [0.2, 0.25) is 5.91 Å². The third-order valence-electron chi connectivity index (χ3n) is 4.00. The lowest BCUT2D eigenvalue weighted by atomic mass is 10.1. The summed E-state index contributed by atoms with van der Waals surface area (Å²) in [6.45, 7) is 7.77. The van der Waals surface area contributed by atoms with Crippen molar-refractivity contribution in [1.82, 2.24) is 10.2 Å². The topological polar surface area (TPSA) is 67.6 Å². The van der Waals surface area contributed by atoms with Gasteiger partial charge in [0.25, 0.3) is 0 Å². The monoisotopic (exact) mass is 305 g/mol. The second-order valence-electron chi connectivity index (χ2n) is 6.23. The lowest BCUT2D eigenvalue weighted by Crippen LogP contribution is -2.50. The normalized spacial score (nSPS) is 20.8. The van der Waals surface area contributed by atoms with Crippen LogP contribution in [0.15, 0.2) is 30.3 Å². The Kier molecular flexibility index (Phi) is 6.36. The fourth-order valence-corrected chi connectivity index (χ4v) is 2.52. The molecule has 1 aromatic rings. The summed E-state index contributed by atoms with van der Waals surface area (Å²) in [5, 5.41) is 2.90. The second-order valence-corrected chi connectivity index (χ2v) is 6.23. The Morgan fingerprint density at radius 2 is 2.14 bits per heavy atom. The number of carbonyl (C=O) groups excluding carboxylic acids is 1. The lowest BCUT2D eigenvalue weighted by Gasteiger charge is -2.33. The molecular weight excluding hydrogens is 278 g/mol. The molecule has 0 spiro atoms. The van der Waals surface area contributed by atoms with E-state index in [2.05, 4.69) is 34.5 Å². The summed E-state index contributed by atoms with van der Waals surface area (Å²) in [6, 6.07) is 9.95. The molecule has 0 bridgehead atoms. The lowest BCUT2D eigenvalue weighted by molar-refractivity contribution is -0.124. The molecule has 22 heavy (non-hydrogen) atoms. The summed E-state index contributed by atoms with van der Waals surface area (Å²) in [5.74, 6) is 0.0423. The van der Waals surface area contributed by atoms with Crippen LogP contribution >= 0.6 is 0 Å². The molecule has 1 aromatic carbocycles. The number of nitrogens with zero attached hydrogens (tertiary/aromatic N) is 1. The number of nitrogens with two attached hydrogens (primary N) is 1. The standard InChI is InChI=1S/C17H27N3O2/c1-13(2)16(18)17(21)19-10-15-12-20(8-9-22-15)11-14-6-4-3-5-7-14/h3-7,13,15-16H,8-12,18H2,1-2H3,(H,19,21)/t15?,16-/m0/s1. The average molecular weight is 305 g/mol. The molecule has 5 heteroatoms. The maximum Gasteiger partial charge on any atom is 0.237 e. The number of hydrogen-bond acceptors (Lipinski definition) is 4. The number of hydrogen-bond donors (Lipinski definition) is 2. The first-order chi connectivity index (χ1) is 10.6. The summed E-state index contributed by atoms with van der Waals surface area (Å²) in [4.78, 5) is 14.3. The second kappa shape index (κ2) is 8.27. The molecule has 1 unspecified atom stereocenters. The van der Waals surface area contributed by atoms with Gasteiger partial charge in [0.05, 0.1) is 18.8 Å². The molecule has 5 nitrogen and oxygen atoms in total. The zero-order chi connectivity index (χ0) is 15.9. The van der Waals surface area contributed by atoms with Crippen molar-refractivity contribution in [2.75, 3.05) is 26.2 Å². The van der Waals surface area contributed by atoms with E-state index in [0.717, 1.165) is 19.6 Å². The van der Waals surface area contributed by atoms with Gasteiger partial charge < -0.3 is 15.8 Å². The van der Waals surface area contributed by atoms with E-state index in [1.807, 2.05) is 19.9 Å². The molecular formula is C17H27N3O2. The fourth-order valence-electron chi connectivity index (χ4n) is 2.52. The number of rotatable bonds is 6. The van der Waals surface area contributed by atoms with E-state index < -0.39 is 6.04 Å². The predicted molar refractivity (Wildman–Crippen MR) is 87.3 cm³/mol. The first-order valence-electron chi connectivity index (χ1n) is 7.97. The van der Waals surface area contributed by atoms with Crippen LogP contribution in [0.4, 0.5) is 0 Å². The summed E-state index contributed by atoms with van der Waals surface area (Å²) in [7, 11) is 0. The van der Waals surface area contributed by atoms with Crippen LogP contribution in [0.1, 0.15) is 19.4 Å². The van der Waals surface area contributed by atoms with Gasteiger partial charge in [-0.05, 0) is 11.5 Å². The van der Waals surface area contributed by atoms with E-state index in [9.17, 15) is 4.79 Å². The van der Waals surface area contributed by atoms with Gasteiger partial charge >= 0.3 is 0 Å². The Morgan fingerprint density at radius 1 is 1.41 bits per heavy atom. The van der Waals surface area contributed by atoms with Gasteiger partial charge in [-0.25, -0.2) is 0 Å². The van der Waals surface area contributed by atoms with Gasteiger partial charge in [-0.2, -0.15) is 0 Å². The van der Waals surface area contributed by atoms with Gasteiger partial charge in [-0.1, -0.05) is 44.2 Å². The Bertz CT molecular complexity index is 464. The Morgan fingerprint density at radius 3 is 2.82 bits per heavy atom. The maximum absolute atomic E-state index is 11.9. The SMILES string of the molecule is CC(C)[C@H](N)C(=O)NCC1CN(Cc2ccccc2)CCO1. The molecule has 2 rings (SSSR count). The first-order valence-corrected chi connectivity index (χ1v) is 7.97. The van der Waals surface area contributed by atoms with Crippen LogP contribution in [0.25, 0.3) is 0 Å². The highest BCUT2D eigenvalue weighted by Gasteiger charge is 2.23. The minimum atomic E-state index is -0.455. The molecule has 1 aliphatic heterocycles. The van der Waals surface area contributed by atoms with E-state index in [1.54, 1.807) is 0 Å². The Hall–Kier alpha value is -1.43. The number of nitrogens with one attached hydrogen (secondary N) is 1. The molecule has 1 saturated heterocycles. The van der Waals surface area contributed by atoms with Gasteiger partial charge in [-0.3, -0.25) is 9.69 Å². The Labute approximate surface area is 132 Å². The van der Waals surface area contributed by atoms with Gasteiger partial charge in [0.1, 0.15) is 0 Å². The first kappa shape index (κ1) is 16.9. The van der Waals surface area contributed by atoms with E-state index in [-0.39, 0.29) is 17.9 Å². The van der Waals surface area contributed by atoms with Crippen molar-refractivity contribution in [2.24, 2.45) is 11.7 Å². The van der Waals surface area contributed by atoms with Crippen molar-refractivity contribution in [2.45, 2.75) is 32.5 Å². The molecule has 0 aliphatic carbocycles. The highest BCUT2D eigenvalue weighted by Crippen LogP contribution is 2.10. The number of ether oxygens (including phenoxy) is 1. The van der Waals surface area contributed by atoms with Crippen LogP contribution in [0.2, 0.25) is 0 Å². The van der Waals surface area contributed by atoms with Crippen molar-refractivity contribution < 1.29 is 9.53 Å². The summed E-state index contributed by atoms with van der Waals surface area (Å²) in [5.41, 5.74) is 7.14. The zero-order valence-electron chi connectivity index (χ0n) is 13.5. The molecule has 1 heterocycles. The van der Waals surface area contributed by atoms with Crippen LogP contribution < -0.4 is 11.1 Å². The van der Waals surface area contributed by atoms with E-state index in [4.69, 9.17) is 10.5 Å². The quantitative estimate of drug-likeness (QED) is 0.822. The van der Waals surface area contributed by atoms with E-state index in [0.29, 0.717) is 13.2 Å². The van der Waals surface area contributed by atoms with E-state index in [1.165, 1.54) is 5.56 Å². The number of benzene rings is 1. The summed E-state index contributed by atoms with van der Waals surface area (Å²) in [6.07, 6.45) is 0.0285. The van der Waals surface area contributed by atoms with Crippen molar-refractivity contribution >= 4 is 5.91 Å². The largest absolute Gasteiger partial charge is 0.374 e. The average Bonchev–Trinajstić information content (AvgIpc) is 2.53. The van der Waals surface area contributed by atoms with Crippen molar-refractivity contribution in [1.29, 1.82) is 0 Å². The smallest absolute Gasteiger partial charge is 0.237 e. The van der Waals surface area contributed by atoms with Crippen LogP contribution in [0.5, 0.6) is 0 Å². The van der Waals surface area contributed by atoms with Crippen LogP contribution in [0.3, 0.4) is 0 Å². The molecule has 1 fully saturated rings. The zero-order valence-corrected chi connectivity index (χ0v) is 13.5. The molecule has 0 radical (unpaired) electrons. The van der Waals surface area contributed by atoms with Crippen LogP contribution in [-0.4, -0.2) is 49.2 Å². The molecule has 0 saturated carbocycles. The molecule has 3 N–H and O–H groups in total. The summed E-state index contributed by atoms with van der Waals surface area (Å²) >= 11 is 0. The third kappa shape index (κ3) is 5.09. The minimum absolute atomic E-state index is 0.0285. The van der Waals surface area contributed by atoms with Crippen molar-refractivity contribution in [3.63, 3.8) is 0 Å². The van der Waals surface area contributed by atoms with Crippen molar-refractivity contribution in [3.8, 4) is 0 Å². The van der Waals surface area contributed by atoms with Crippen LogP contribution in [-0.2, 0) is 16.1 Å². The third-order valence-corrected chi connectivity index (χ3v) is 4.00. The number of amides is 1. The predicted octanol–water partition coefficient (Wildman–Crippen LogP) is 0.987. The van der Waals surface area contributed by atoms with Crippen LogP contribution in [0, 0.1) is 5.92 Å². The van der Waals surface area contributed by atoms with E-state index >= 15 is 0 Å². The van der Waals surface area contributed by atoms with Gasteiger partial charge in [0, 0.05) is 26.2 Å². The van der Waals surface area contributed by atoms with Crippen molar-refractivity contribution in [3.05, 3.63) is 35.9 Å². The molecule has 1 amide bonds. The minimum Gasteiger partial charge on any atom is -0.374 e. The molecule has 122 valence electrons. The molecule has 1 aliphatic rings. The molecule has 2 atom stereocenters. The Balaban J connectivity index is 1.77. The van der Waals surface area contributed by atoms with Gasteiger partial charge in [-0.15, -0.1) is 0 Å². The highest BCUT2D eigenvalue weighted by molar-refractivity contribution is 5.81. The maximum atomic E-state index is 11.9. The highest BCUT2D eigenvalue weighted by atomic mass is 16.5. The molecule has 0 aromatic heterocycles. The number of morpholine rings is 1. The number of carbonyl (C=O) groups is 1. The summed E-state index contributed by atoms with van der Waals surface area (Å²) < 4.78 is 5.74.